The second-order valence-corrected chi connectivity index (χ2v) is 6.38. The van der Waals surface area contributed by atoms with Gasteiger partial charge in [0.05, 0.1) is 12.9 Å². The molecular weight excluding hydrogens is 352 g/mol. The molecule has 0 aliphatic heterocycles. The minimum absolute atomic E-state index is 0.0476. The molecule has 0 N–H and O–H groups in total. The molecule has 3 aromatic rings. The van der Waals surface area contributed by atoms with Gasteiger partial charge >= 0.3 is 11.9 Å². The number of carbonyl (C=O) groups excluding carboxylic acids is 2. The molecule has 0 unspecified atom stereocenters. The Hall–Kier alpha value is -2.39. The number of ether oxygens (including phenoxy) is 2. The van der Waals surface area contributed by atoms with Crippen molar-refractivity contribution in [2.75, 3.05) is 12.9 Å². The number of methoxy groups -OCH3 is 1. The van der Waals surface area contributed by atoms with Gasteiger partial charge in [0.2, 0.25) is 5.76 Å². The van der Waals surface area contributed by atoms with Gasteiger partial charge in [0, 0.05) is 5.39 Å². The normalized spacial score (nSPS) is 10.7. The van der Waals surface area contributed by atoms with Crippen molar-refractivity contribution >= 4 is 45.3 Å². The third-order valence-corrected chi connectivity index (χ3v) is 4.78. The van der Waals surface area contributed by atoms with Crippen LogP contribution < -0.4 is 0 Å². The number of aromatic nitrogens is 2. The number of fused-ring (bicyclic) bond motifs is 1. The van der Waals surface area contributed by atoms with E-state index in [0.717, 1.165) is 15.2 Å². The number of carbonyl (C=O) groups is 2. The van der Waals surface area contributed by atoms with E-state index in [2.05, 4.69) is 14.7 Å². The van der Waals surface area contributed by atoms with Gasteiger partial charge in [0.1, 0.15) is 28.6 Å². The van der Waals surface area contributed by atoms with Crippen LogP contribution in [-0.2, 0) is 20.9 Å². The predicted molar refractivity (Wildman–Crippen MR) is 88.0 cm³/mol. The number of rotatable bonds is 6. The Morgan fingerprint density at radius 2 is 2.17 bits per heavy atom. The quantitative estimate of drug-likeness (QED) is 0.374. The SMILES string of the molecule is COC(=O)c1ccc(COC(=O)CSc2ncnc3sccc23)o1. The molecule has 0 bridgehead atoms. The van der Waals surface area contributed by atoms with E-state index in [1.807, 2.05) is 11.4 Å². The molecule has 0 fully saturated rings. The van der Waals surface area contributed by atoms with E-state index in [4.69, 9.17) is 9.15 Å². The number of furan rings is 1. The Bertz CT molecular complexity index is 874. The zero-order chi connectivity index (χ0) is 16.9. The number of esters is 2. The van der Waals surface area contributed by atoms with Crippen LogP contribution >= 0.6 is 23.1 Å². The maximum atomic E-state index is 11.8. The molecule has 0 saturated carbocycles. The summed E-state index contributed by atoms with van der Waals surface area (Å²) in [5.74, 6) is -0.425. The van der Waals surface area contributed by atoms with Gasteiger partial charge in [0.25, 0.3) is 0 Å². The first kappa shape index (κ1) is 16.5. The fourth-order valence-electron chi connectivity index (χ4n) is 1.87. The topological polar surface area (TPSA) is 91.5 Å². The summed E-state index contributed by atoms with van der Waals surface area (Å²) in [6.07, 6.45) is 1.48. The molecule has 9 heteroatoms. The molecule has 0 atom stereocenters. The average molecular weight is 364 g/mol. The van der Waals surface area contributed by atoms with Crippen LogP contribution in [0.25, 0.3) is 10.2 Å². The molecule has 7 nitrogen and oxygen atoms in total. The summed E-state index contributed by atoms with van der Waals surface area (Å²) in [5.41, 5.74) is 0. The predicted octanol–water partition coefficient (Wildman–Crippen LogP) is 2.91. The summed E-state index contributed by atoms with van der Waals surface area (Å²) in [6.45, 7) is -0.0476. The fourth-order valence-corrected chi connectivity index (χ4v) is 3.45. The largest absolute Gasteiger partial charge is 0.463 e. The highest BCUT2D eigenvalue weighted by Gasteiger charge is 2.13. The number of thioether (sulfide) groups is 1. The van der Waals surface area contributed by atoms with Crippen LogP contribution in [0.1, 0.15) is 16.3 Å². The zero-order valence-electron chi connectivity index (χ0n) is 12.6. The van der Waals surface area contributed by atoms with Gasteiger partial charge in [-0.2, -0.15) is 0 Å². The van der Waals surface area contributed by atoms with Crippen molar-refractivity contribution in [1.29, 1.82) is 0 Å². The van der Waals surface area contributed by atoms with Crippen molar-refractivity contribution in [3.63, 3.8) is 0 Å². The highest BCUT2D eigenvalue weighted by Crippen LogP contribution is 2.27. The lowest BCUT2D eigenvalue weighted by Gasteiger charge is -2.03. The van der Waals surface area contributed by atoms with Crippen molar-refractivity contribution < 1.29 is 23.5 Å². The first-order valence-electron chi connectivity index (χ1n) is 6.81. The Morgan fingerprint density at radius 3 is 3.00 bits per heavy atom. The summed E-state index contributed by atoms with van der Waals surface area (Å²) >= 11 is 2.81. The summed E-state index contributed by atoms with van der Waals surface area (Å²) < 4.78 is 14.9. The van der Waals surface area contributed by atoms with E-state index in [-0.39, 0.29) is 18.1 Å². The van der Waals surface area contributed by atoms with Crippen LogP contribution in [0.4, 0.5) is 0 Å². The molecule has 3 aromatic heterocycles. The summed E-state index contributed by atoms with van der Waals surface area (Å²) in [6, 6.07) is 4.95. The lowest BCUT2D eigenvalue weighted by atomic mass is 10.4. The molecular formula is C15H12N2O5S2. The molecule has 0 amide bonds. The summed E-state index contributed by atoms with van der Waals surface area (Å²) in [5, 5.41) is 3.59. The van der Waals surface area contributed by atoms with Crippen molar-refractivity contribution in [1.82, 2.24) is 9.97 Å². The average Bonchev–Trinajstić information content (AvgIpc) is 3.26. The maximum absolute atomic E-state index is 11.8. The Kier molecular flexibility index (Phi) is 5.11. The van der Waals surface area contributed by atoms with Crippen LogP contribution in [0.3, 0.4) is 0 Å². The second kappa shape index (κ2) is 7.45. The lowest BCUT2D eigenvalue weighted by Crippen LogP contribution is -2.07. The van der Waals surface area contributed by atoms with E-state index < -0.39 is 11.9 Å². The summed E-state index contributed by atoms with van der Waals surface area (Å²) in [4.78, 5) is 32.3. The van der Waals surface area contributed by atoms with Gasteiger partial charge in [0.15, 0.2) is 0 Å². The first-order chi connectivity index (χ1) is 11.7. The van der Waals surface area contributed by atoms with Gasteiger partial charge in [-0.1, -0.05) is 11.8 Å². The Morgan fingerprint density at radius 1 is 1.29 bits per heavy atom. The molecule has 0 saturated heterocycles. The molecule has 0 spiro atoms. The number of hydrogen-bond acceptors (Lipinski definition) is 9. The number of nitrogens with zero attached hydrogens (tertiary/aromatic N) is 2. The van der Waals surface area contributed by atoms with Crippen LogP contribution in [0, 0.1) is 0 Å². The summed E-state index contributed by atoms with van der Waals surface area (Å²) in [7, 11) is 1.26. The van der Waals surface area contributed by atoms with Crippen molar-refractivity contribution in [3.05, 3.63) is 41.4 Å². The van der Waals surface area contributed by atoms with Gasteiger partial charge < -0.3 is 13.9 Å². The van der Waals surface area contributed by atoms with Crippen LogP contribution in [0.2, 0.25) is 0 Å². The van der Waals surface area contributed by atoms with Crippen molar-refractivity contribution in [3.8, 4) is 0 Å². The van der Waals surface area contributed by atoms with Gasteiger partial charge in [-0.3, -0.25) is 4.79 Å². The van der Waals surface area contributed by atoms with Crippen molar-refractivity contribution in [2.24, 2.45) is 0 Å². The minimum atomic E-state index is -0.577. The van der Waals surface area contributed by atoms with Gasteiger partial charge in [-0.05, 0) is 23.6 Å². The monoisotopic (exact) mass is 364 g/mol. The Balaban J connectivity index is 1.52. The minimum Gasteiger partial charge on any atom is -0.463 e. The van der Waals surface area contributed by atoms with Crippen LogP contribution in [-0.4, -0.2) is 34.8 Å². The van der Waals surface area contributed by atoms with E-state index in [1.54, 1.807) is 6.07 Å². The number of thiophene rings is 1. The Labute approximate surface area is 145 Å². The lowest BCUT2D eigenvalue weighted by molar-refractivity contribution is -0.142. The van der Waals surface area contributed by atoms with E-state index in [9.17, 15) is 9.59 Å². The third kappa shape index (κ3) is 3.74. The standard InChI is InChI=1S/C15H12N2O5S2/c1-20-15(19)11-3-2-9(22-11)6-21-12(18)7-24-14-10-4-5-23-13(10)16-8-17-14/h2-5,8H,6-7H2,1H3. The van der Waals surface area contributed by atoms with E-state index in [0.29, 0.717) is 5.76 Å². The van der Waals surface area contributed by atoms with Crippen LogP contribution in [0.15, 0.2) is 39.3 Å². The fraction of sp³-hybridized carbons (Fsp3) is 0.200. The highest BCUT2D eigenvalue weighted by molar-refractivity contribution is 8.00. The van der Waals surface area contributed by atoms with E-state index >= 15 is 0 Å². The van der Waals surface area contributed by atoms with Gasteiger partial charge in [-0.25, -0.2) is 14.8 Å². The zero-order valence-corrected chi connectivity index (χ0v) is 14.2. The molecule has 0 aromatic carbocycles. The second-order valence-electron chi connectivity index (χ2n) is 4.53. The molecule has 3 rings (SSSR count). The molecule has 0 aliphatic carbocycles. The smallest absolute Gasteiger partial charge is 0.373 e. The van der Waals surface area contributed by atoms with E-state index in [1.165, 1.54) is 42.6 Å². The number of hydrogen-bond donors (Lipinski definition) is 0. The molecule has 24 heavy (non-hydrogen) atoms. The van der Waals surface area contributed by atoms with Crippen molar-refractivity contribution in [2.45, 2.75) is 11.6 Å². The van der Waals surface area contributed by atoms with Crippen LogP contribution in [0.5, 0.6) is 0 Å². The highest BCUT2D eigenvalue weighted by atomic mass is 32.2. The first-order valence-corrected chi connectivity index (χ1v) is 8.67. The molecule has 3 heterocycles. The third-order valence-electron chi connectivity index (χ3n) is 2.98. The maximum Gasteiger partial charge on any atom is 0.373 e. The molecule has 0 radical (unpaired) electrons. The van der Waals surface area contributed by atoms with Gasteiger partial charge in [-0.15, -0.1) is 11.3 Å². The molecule has 0 aliphatic rings. The molecule has 124 valence electrons.